The maximum Gasteiger partial charge on any atom is 0.223 e. The van der Waals surface area contributed by atoms with E-state index in [1.165, 1.54) is 18.2 Å². The molecule has 0 unspecified atom stereocenters. The van der Waals surface area contributed by atoms with E-state index in [1.807, 2.05) is 26.0 Å². The molecule has 0 aliphatic carbocycles. The predicted molar refractivity (Wildman–Crippen MR) is 112 cm³/mol. The zero-order valence-electron chi connectivity index (χ0n) is 17.2. The summed E-state index contributed by atoms with van der Waals surface area (Å²) in [5, 5.41) is 4.26. The van der Waals surface area contributed by atoms with Crippen LogP contribution in [0.3, 0.4) is 0 Å². The first-order valence-corrected chi connectivity index (χ1v) is 10.8. The van der Waals surface area contributed by atoms with Gasteiger partial charge in [-0.1, -0.05) is 18.2 Å². The monoisotopic (exact) mass is 383 g/mol. The van der Waals surface area contributed by atoms with Crippen LogP contribution < -0.4 is 5.32 Å². The number of nitrogens with zero attached hydrogens (tertiary/aromatic N) is 2. The van der Waals surface area contributed by atoms with Crippen molar-refractivity contribution < 1.29 is 9.21 Å². The van der Waals surface area contributed by atoms with Crippen molar-refractivity contribution in [1.29, 1.82) is 0 Å². The Morgan fingerprint density at radius 2 is 1.82 bits per heavy atom. The number of rotatable bonds is 5. The molecule has 2 aromatic rings. The highest BCUT2D eigenvalue weighted by atomic mass is 16.3. The normalized spacial score (nSPS) is 20.8. The van der Waals surface area contributed by atoms with Crippen molar-refractivity contribution in [2.75, 3.05) is 26.2 Å². The molecule has 0 spiro atoms. The maximum absolute atomic E-state index is 12.2. The first kappa shape index (κ1) is 19.5. The molecule has 5 heteroatoms. The molecule has 0 bridgehead atoms. The third-order valence-electron chi connectivity index (χ3n) is 6.26. The summed E-state index contributed by atoms with van der Waals surface area (Å²) in [6.07, 6.45) is 4.42. The molecule has 5 nitrogen and oxygen atoms in total. The molecule has 1 aromatic carbocycles. The van der Waals surface area contributed by atoms with Crippen LogP contribution in [0.1, 0.15) is 45.3 Å². The molecule has 2 fully saturated rings. The van der Waals surface area contributed by atoms with Crippen LogP contribution >= 0.6 is 0 Å². The summed E-state index contributed by atoms with van der Waals surface area (Å²) in [7, 11) is 0. The highest BCUT2D eigenvalue weighted by Crippen LogP contribution is 2.26. The number of furan rings is 1. The number of carbonyl (C=O) groups excluding carboxylic acids is 1. The standard InChI is InChI=1S/C23H33N3O2/c1-17(2)24-23(27)18-7-13-26(14-8-18)20-9-11-25(12-10-20)16-21-15-19-5-3-4-6-22(19)28-21/h3-6,15,17-18,20H,7-14,16H2,1-2H3,(H,24,27). The number of nitrogens with one attached hydrogen (secondary N) is 1. The van der Waals surface area contributed by atoms with Crippen LogP contribution in [0.25, 0.3) is 11.0 Å². The molecular formula is C23H33N3O2. The SMILES string of the molecule is CC(C)NC(=O)C1CCN(C2CCN(Cc3cc4ccccc4o3)CC2)CC1. The highest BCUT2D eigenvalue weighted by molar-refractivity contribution is 5.79. The van der Waals surface area contributed by atoms with E-state index in [4.69, 9.17) is 4.42 Å². The zero-order chi connectivity index (χ0) is 19.5. The minimum absolute atomic E-state index is 0.201. The molecule has 0 radical (unpaired) electrons. The van der Waals surface area contributed by atoms with Crippen molar-refractivity contribution in [3.05, 3.63) is 36.1 Å². The molecule has 2 aliphatic rings. The Hall–Kier alpha value is -1.85. The van der Waals surface area contributed by atoms with Gasteiger partial charge < -0.3 is 14.6 Å². The van der Waals surface area contributed by atoms with Crippen LogP contribution in [0.5, 0.6) is 0 Å². The van der Waals surface area contributed by atoms with Gasteiger partial charge in [0, 0.05) is 36.5 Å². The van der Waals surface area contributed by atoms with Crippen molar-refractivity contribution in [2.24, 2.45) is 5.92 Å². The molecule has 0 saturated carbocycles. The Bertz CT molecular complexity index is 751. The van der Waals surface area contributed by atoms with Crippen molar-refractivity contribution in [2.45, 2.75) is 58.2 Å². The minimum atomic E-state index is 0.201. The van der Waals surface area contributed by atoms with Gasteiger partial charge in [-0.2, -0.15) is 0 Å². The van der Waals surface area contributed by atoms with Crippen LogP contribution in [0, 0.1) is 5.92 Å². The van der Waals surface area contributed by atoms with Gasteiger partial charge >= 0.3 is 0 Å². The number of hydrogen-bond acceptors (Lipinski definition) is 4. The number of amides is 1. The fraction of sp³-hybridized carbons (Fsp3) is 0.609. The second-order valence-corrected chi connectivity index (χ2v) is 8.73. The summed E-state index contributed by atoms with van der Waals surface area (Å²) in [4.78, 5) is 17.4. The Morgan fingerprint density at radius 1 is 1.11 bits per heavy atom. The maximum atomic E-state index is 12.2. The number of para-hydroxylation sites is 1. The van der Waals surface area contributed by atoms with Crippen LogP contribution in [-0.2, 0) is 11.3 Å². The van der Waals surface area contributed by atoms with E-state index >= 15 is 0 Å². The Balaban J connectivity index is 1.23. The summed E-state index contributed by atoms with van der Waals surface area (Å²) >= 11 is 0. The van der Waals surface area contributed by atoms with E-state index in [0.29, 0.717) is 6.04 Å². The van der Waals surface area contributed by atoms with Crippen molar-refractivity contribution in [1.82, 2.24) is 15.1 Å². The fourth-order valence-corrected chi connectivity index (χ4v) is 4.71. The molecular weight excluding hydrogens is 350 g/mol. The largest absolute Gasteiger partial charge is 0.460 e. The van der Waals surface area contributed by atoms with Crippen LogP contribution in [0.2, 0.25) is 0 Å². The van der Waals surface area contributed by atoms with Gasteiger partial charge in [-0.25, -0.2) is 0 Å². The number of benzene rings is 1. The fourth-order valence-electron chi connectivity index (χ4n) is 4.71. The van der Waals surface area contributed by atoms with Crippen LogP contribution in [0.15, 0.2) is 34.7 Å². The number of fused-ring (bicyclic) bond motifs is 1. The summed E-state index contributed by atoms with van der Waals surface area (Å²) < 4.78 is 5.99. The van der Waals surface area contributed by atoms with Gasteiger partial charge in [0.05, 0.1) is 6.54 Å². The third-order valence-corrected chi connectivity index (χ3v) is 6.26. The number of likely N-dealkylation sites (tertiary alicyclic amines) is 2. The second-order valence-electron chi connectivity index (χ2n) is 8.73. The van der Waals surface area contributed by atoms with Gasteiger partial charge in [-0.15, -0.1) is 0 Å². The van der Waals surface area contributed by atoms with Gasteiger partial charge in [0.15, 0.2) is 0 Å². The topological polar surface area (TPSA) is 48.7 Å². The second kappa shape index (κ2) is 8.66. The third kappa shape index (κ3) is 4.58. The smallest absolute Gasteiger partial charge is 0.223 e. The first-order chi connectivity index (χ1) is 13.6. The van der Waals surface area contributed by atoms with Gasteiger partial charge in [-0.05, 0) is 64.8 Å². The quantitative estimate of drug-likeness (QED) is 0.856. The Morgan fingerprint density at radius 3 is 2.50 bits per heavy atom. The van der Waals surface area contributed by atoms with Gasteiger partial charge in [0.2, 0.25) is 5.91 Å². The van der Waals surface area contributed by atoms with Crippen molar-refractivity contribution in [3.63, 3.8) is 0 Å². The Labute approximate surface area is 168 Å². The van der Waals surface area contributed by atoms with Gasteiger partial charge in [0.25, 0.3) is 0 Å². The van der Waals surface area contributed by atoms with Gasteiger partial charge in [-0.3, -0.25) is 9.69 Å². The molecule has 2 saturated heterocycles. The highest BCUT2D eigenvalue weighted by Gasteiger charge is 2.30. The van der Waals surface area contributed by atoms with Crippen LogP contribution in [0.4, 0.5) is 0 Å². The summed E-state index contributed by atoms with van der Waals surface area (Å²) in [6, 6.07) is 11.3. The summed E-state index contributed by atoms with van der Waals surface area (Å²) in [6.45, 7) is 9.33. The summed E-state index contributed by atoms with van der Waals surface area (Å²) in [5.74, 6) is 1.51. The minimum Gasteiger partial charge on any atom is -0.460 e. The van der Waals surface area contributed by atoms with Crippen molar-refractivity contribution in [3.8, 4) is 0 Å². The lowest BCUT2D eigenvalue weighted by atomic mass is 9.92. The molecule has 0 atom stereocenters. The predicted octanol–water partition coefficient (Wildman–Crippen LogP) is 3.63. The number of hydrogen-bond donors (Lipinski definition) is 1. The van der Waals surface area contributed by atoms with E-state index in [2.05, 4.69) is 33.3 Å². The van der Waals surface area contributed by atoms with E-state index in [9.17, 15) is 4.79 Å². The van der Waals surface area contributed by atoms with Crippen molar-refractivity contribution >= 4 is 16.9 Å². The van der Waals surface area contributed by atoms with E-state index in [1.54, 1.807) is 0 Å². The average molecular weight is 384 g/mol. The molecule has 4 rings (SSSR count). The van der Waals surface area contributed by atoms with Crippen LogP contribution in [-0.4, -0.2) is 54.0 Å². The number of piperidine rings is 2. The van der Waals surface area contributed by atoms with Gasteiger partial charge in [0.1, 0.15) is 11.3 Å². The molecule has 1 amide bonds. The van der Waals surface area contributed by atoms with E-state index in [-0.39, 0.29) is 17.9 Å². The molecule has 1 aromatic heterocycles. The average Bonchev–Trinajstić information content (AvgIpc) is 3.10. The molecule has 2 aliphatic heterocycles. The molecule has 3 heterocycles. The number of carbonyl (C=O) groups is 1. The zero-order valence-corrected chi connectivity index (χ0v) is 17.2. The first-order valence-electron chi connectivity index (χ1n) is 10.8. The lowest BCUT2D eigenvalue weighted by molar-refractivity contribution is -0.127. The lowest BCUT2D eigenvalue weighted by Gasteiger charge is -2.41. The van der Waals surface area contributed by atoms with E-state index in [0.717, 1.165) is 56.9 Å². The molecule has 1 N–H and O–H groups in total. The summed E-state index contributed by atoms with van der Waals surface area (Å²) in [5.41, 5.74) is 0.983. The lowest BCUT2D eigenvalue weighted by Crippen LogP contribution is -2.49. The Kier molecular flexibility index (Phi) is 6.02. The molecule has 152 valence electrons. The van der Waals surface area contributed by atoms with E-state index < -0.39 is 0 Å². The molecule has 28 heavy (non-hydrogen) atoms.